The van der Waals surface area contributed by atoms with E-state index in [-0.39, 0.29) is 16.9 Å². The summed E-state index contributed by atoms with van der Waals surface area (Å²) in [4.78, 5) is 0. The van der Waals surface area contributed by atoms with Crippen molar-refractivity contribution in [2.75, 3.05) is 13.7 Å². The summed E-state index contributed by atoms with van der Waals surface area (Å²) in [5.41, 5.74) is 0.607. The van der Waals surface area contributed by atoms with Crippen molar-refractivity contribution in [3.8, 4) is 0 Å². The first-order valence-electron chi connectivity index (χ1n) is 5.23. The summed E-state index contributed by atoms with van der Waals surface area (Å²) >= 11 is 1.10. The van der Waals surface area contributed by atoms with Crippen molar-refractivity contribution < 1.29 is 18.3 Å². The second-order valence-corrected chi connectivity index (χ2v) is 6.47. The van der Waals surface area contributed by atoms with Crippen LogP contribution in [-0.2, 0) is 21.4 Å². The molecule has 0 bridgehead atoms. The molecule has 1 aromatic heterocycles. The maximum absolute atomic E-state index is 12.0. The molecule has 0 aliphatic heterocycles. The van der Waals surface area contributed by atoms with Gasteiger partial charge in [0.05, 0.1) is 13.2 Å². The lowest BCUT2D eigenvalue weighted by molar-refractivity contribution is 0.173. The zero-order chi connectivity index (χ0) is 12.9. The minimum absolute atomic E-state index is 0.151. The average molecular weight is 279 g/mol. The van der Waals surface area contributed by atoms with Crippen LogP contribution in [-0.4, -0.2) is 33.3 Å². The van der Waals surface area contributed by atoms with Gasteiger partial charge in [-0.1, -0.05) is 6.92 Å². The minimum atomic E-state index is -3.51. The van der Waals surface area contributed by atoms with Crippen LogP contribution in [0.15, 0.2) is 15.7 Å². The molecule has 0 radical (unpaired) electrons. The molecule has 0 aliphatic rings. The summed E-state index contributed by atoms with van der Waals surface area (Å²) in [6, 6.07) is 1.25. The lowest BCUT2D eigenvalue weighted by atomic mass is 10.3. The molecule has 0 fully saturated rings. The highest BCUT2D eigenvalue weighted by atomic mass is 32.2. The van der Waals surface area contributed by atoms with Crippen LogP contribution in [0.2, 0.25) is 0 Å². The van der Waals surface area contributed by atoms with Crippen LogP contribution in [0.3, 0.4) is 0 Å². The molecule has 0 saturated heterocycles. The molecule has 98 valence electrons. The number of hydrogen-bond donors (Lipinski definition) is 2. The van der Waals surface area contributed by atoms with Gasteiger partial charge in [0.15, 0.2) is 0 Å². The number of sulfonamides is 1. The van der Waals surface area contributed by atoms with E-state index in [2.05, 4.69) is 4.72 Å². The molecule has 1 heterocycles. The van der Waals surface area contributed by atoms with Crippen LogP contribution >= 0.6 is 11.3 Å². The van der Waals surface area contributed by atoms with E-state index in [9.17, 15) is 8.42 Å². The predicted octanol–water partition coefficient (Wildman–Crippen LogP) is 0.944. The number of nitrogens with one attached hydrogen (secondary N) is 1. The highest BCUT2D eigenvalue weighted by molar-refractivity contribution is 7.91. The minimum Gasteiger partial charge on any atom is -0.392 e. The molecule has 1 aromatic rings. The van der Waals surface area contributed by atoms with Gasteiger partial charge in [-0.25, -0.2) is 13.1 Å². The van der Waals surface area contributed by atoms with E-state index in [1.54, 1.807) is 5.38 Å². The predicted molar refractivity (Wildman–Crippen MR) is 66.5 cm³/mol. The van der Waals surface area contributed by atoms with Crippen molar-refractivity contribution >= 4 is 21.4 Å². The molecule has 0 aliphatic carbocycles. The Morgan fingerprint density at radius 3 is 2.76 bits per heavy atom. The lowest BCUT2D eigenvalue weighted by Gasteiger charge is -2.15. The van der Waals surface area contributed by atoms with Gasteiger partial charge in [0.25, 0.3) is 0 Å². The van der Waals surface area contributed by atoms with Crippen molar-refractivity contribution in [2.24, 2.45) is 0 Å². The van der Waals surface area contributed by atoms with Crippen LogP contribution in [0.5, 0.6) is 0 Å². The average Bonchev–Trinajstić information content (AvgIpc) is 2.77. The van der Waals surface area contributed by atoms with E-state index in [0.29, 0.717) is 18.6 Å². The molecule has 17 heavy (non-hydrogen) atoms. The molecule has 2 N–H and O–H groups in total. The summed E-state index contributed by atoms with van der Waals surface area (Å²) in [5, 5.41) is 10.5. The normalized spacial score (nSPS) is 13.8. The van der Waals surface area contributed by atoms with Gasteiger partial charge in [-0.15, -0.1) is 11.3 Å². The third kappa shape index (κ3) is 4.04. The fraction of sp³-hybridized carbons (Fsp3) is 0.600. The van der Waals surface area contributed by atoms with Gasteiger partial charge in [0, 0.05) is 13.2 Å². The van der Waals surface area contributed by atoms with E-state index in [4.69, 9.17) is 9.84 Å². The zero-order valence-corrected chi connectivity index (χ0v) is 11.5. The number of rotatable bonds is 7. The third-order valence-electron chi connectivity index (χ3n) is 2.26. The largest absolute Gasteiger partial charge is 0.392 e. The maximum atomic E-state index is 12.0. The smallest absolute Gasteiger partial charge is 0.250 e. The van der Waals surface area contributed by atoms with Gasteiger partial charge in [-0.3, -0.25) is 0 Å². The Kier molecular flexibility index (Phi) is 5.54. The molecule has 1 atom stereocenters. The van der Waals surface area contributed by atoms with E-state index >= 15 is 0 Å². The fourth-order valence-corrected chi connectivity index (χ4v) is 3.81. The quantitative estimate of drug-likeness (QED) is 0.779. The van der Waals surface area contributed by atoms with Crippen LogP contribution in [0, 0.1) is 0 Å². The standard InChI is InChI=1S/C10H17NO4S2/c1-3-9(6-15-2)11-17(13,14)10-4-8(5-12)7-16-10/h4,7,9,11-12H,3,5-6H2,1-2H3. The van der Waals surface area contributed by atoms with Gasteiger partial charge < -0.3 is 9.84 Å². The number of methoxy groups -OCH3 is 1. The zero-order valence-electron chi connectivity index (χ0n) is 9.84. The molecular formula is C10H17NO4S2. The first-order chi connectivity index (χ1) is 8.03. The summed E-state index contributed by atoms with van der Waals surface area (Å²) in [6.45, 7) is 2.08. The fourth-order valence-electron chi connectivity index (χ4n) is 1.29. The monoisotopic (exact) mass is 279 g/mol. The van der Waals surface area contributed by atoms with Crippen LogP contribution < -0.4 is 4.72 Å². The Morgan fingerprint density at radius 2 is 2.29 bits per heavy atom. The Labute approximate surface area is 105 Å². The molecule has 1 rings (SSSR count). The van der Waals surface area contributed by atoms with E-state index in [0.717, 1.165) is 11.3 Å². The molecule has 0 spiro atoms. The number of aliphatic hydroxyl groups excluding tert-OH is 1. The highest BCUT2D eigenvalue weighted by Crippen LogP contribution is 2.20. The molecule has 1 unspecified atom stereocenters. The summed E-state index contributed by atoms with van der Waals surface area (Å²) in [5.74, 6) is 0. The van der Waals surface area contributed by atoms with Gasteiger partial charge in [0.1, 0.15) is 4.21 Å². The molecule has 5 nitrogen and oxygen atoms in total. The number of ether oxygens (including phenoxy) is 1. The Balaban J connectivity index is 2.80. The second-order valence-electron chi connectivity index (χ2n) is 3.61. The van der Waals surface area contributed by atoms with Crippen LogP contribution in [0.1, 0.15) is 18.9 Å². The Morgan fingerprint density at radius 1 is 1.59 bits per heavy atom. The van der Waals surface area contributed by atoms with Crippen molar-refractivity contribution in [1.82, 2.24) is 4.72 Å². The van der Waals surface area contributed by atoms with Crippen molar-refractivity contribution in [3.63, 3.8) is 0 Å². The topological polar surface area (TPSA) is 75.6 Å². The Hall–Kier alpha value is -0.470. The maximum Gasteiger partial charge on any atom is 0.250 e. The Bertz CT molecular complexity index is 441. The highest BCUT2D eigenvalue weighted by Gasteiger charge is 2.20. The molecule has 0 saturated carbocycles. The number of thiophene rings is 1. The van der Waals surface area contributed by atoms with Gasteiger partial charge in [0.2, 0.25) is 10.0 Å². The van der Waals surface area contributed by atoms with E-state index in [1.165, 1.54) is 13.2 Å². The van der Waals surface area contributed by atoms with Gasteiger partial charge in [-0.05, 0) is 23.4 Å². The first-order valence-corrected chi connectivity index (χ1v) is 7.59. The lowest BCUT2D eigenvalue weighted by Crippen LogP contribution is -2.37. The number of aliphatic hydroxyl groups is 1. The third-order valence-corrected chi connectivity index (χ3v) is 5.27. The molecular weight excluding hydrogens is 262 g/mol. The second kappa shape index (κ2) is 6.46. The van der Waals surface area contributed by atoms with Gasteiger partial charge in [-0.2, -0.15) is 0 Å². The van der Waals surface area contributed by atoms with Crippen LogP contribution in [0.25, 0.3) is 0 Å². The number of hydrogen-bond acceptors (Lipinski definition) is 5. The van der Waals surface area contributed by atoms with E-state index in [1.807, 2.05) is 6.92 Å². The first kappa shape index (κ1) is 14.6. The van der Waals surface area contributed by atoms with Crippen LogP contribution in [0.4, 0.5) is 0 Å². The van der Waals surface area contributed by atoms with E-state index < -0.39 is 10.0 Å². The summed E-state index contributed by atoms with van der Waals surface area (Å²) < 4.78 is 31.7. The molecule has 7 heteroatoms. The molecule has 0 amide bonds. The van der Waals surface area contributed by atoms with Crippen molar-refractivity contribution in [1.29, 1.82) is 0 Å². The summed E-state index contributed by atoms with van der Waals surface area (Å²) in [6.07, 6.45) is 0.658. The molecule has 0 aromatic carbocycles. The van der Waals surface area contributed by atoms with Gasteiger partial charge >= 0.3 is 0 Å². The summed E-state index contributed by atoms with van der Waals surface area (Å²) in [7, 11) is -1.97. The SMILES string of the molecule is CCC(COC)NS(=O)(=O)c1cc(CO)cs1. The van der Waals surface area contributed by atoms with Crippen molar-refractivity contribution in [2.45, 2.75) is 30.2 Å². The van der Waals surface area contributed by atoms with Crippen molar-refractivity contribution in [3.05, 3.63) is 17.0 Å².